The van der Waals surface area contributed by atoms with Crippen LogP contribution < -0.4 is 10.6 Å². The molecule has 1 atom stereocenters. The Bertz CT molecular complexity index is 514. The number of anilines is 2. The molecule has 0 saturated heterocycles. The molecule has 2 aromatic heterocycles. The highest BCUT2D eigenvalue weighted by molar-refractivity contribution is 5.83. The van der Waals surface area contributed by atoms with Crippen LogP contribution in [0.15, 0.2) is 6.33 Å². The number of aliphatic hydroxyl groups excluding tert-OH is 2. The highest BCUT2D eigenvalue weighted by atomic mass is 16.3. The summed E-state index contributed by atoms with van der Waals surface area (Å²) in [6.07, 6.45) is 0.698. The number of rotatable bonds is 6. The summed E-state index contributed by atoms with van der Waals surface area (Å²) in [5.74, 6) is 1.01. The smallest absolute Gasteiger partial charge is 0.226 e. The van der Waals surface area contributed by atoms with Crippen molar-refractivity contribution < 1.29 is 10.2 Å². The molecule has 8 heteroatoms. The third kappa shape index (κ3) is 2.66. The number of nitrogens with zero attached hydrogens (tertiary/aromatic N) is 3. The van der Waals surface area contributed by atoms with E-state index in [1.54, 1.807) is 0 Å². The lowest BCUT2D eigenvalue weighted by Gasteiger charge is -2.11. The summed E-state index contributed by atoms with van der Waals surface area (Å²) in [5.41, 5.74) is 1.21. The monoisotopic (exact) mass is 252 g/mol. The van der Waals surface area contributed by atoms with Gasteiger partial charge in [0.05, 0.1) is 19.0 Å². The topological polar surface area (TPSA) is 119 Å². The van der Waals surface area contributed by atoms with Crippen LogP contribution in [-0.4, -0.2) is 55.9 Å². The van der Waals surface area contributed by atoms with Gasteiger partial charge in [0.25, 0.3) is 0 Å². The van der Waals surface area contributed by atoms with Crippen molar-refractivity contribution in [2.75, 3.05) is 30.3 Å². The summed E-state index contributed by atoms with van der Waals surface area (Å²) in [6.45, 7) is 2.55. The second-order valence-electron chi connectivity index (χ2n) is 3.74. The molecule has 2 rings (SSSR count). The average molecular weight is 252 g/mol. The number of imidazole rings is 1. The Morgan fingerprint density at radius 3 is 2.94 bits per heavy atom. The van der Waals surface area contributed by atoms with Crippen LogP contribution in [0.4, 0.5) is 11.8 Å². The fourth-order valence-electron chi connectivity index (χ4n) is 1.48. The van der Waals surface area contributed by atoms with Crippen LogP contribution >= 0.6 is 0 Å². The number of H-pyrrole nitrogens is 1. The van der Waals surface area contributed by atoms with Gasteiger partial charge in [-0.05, 0) is 6.92 Å². The zero-order chi connectivity index (χ0) is 13.0. The van der Waals surface area contributed by atoms with E-state index in [-0.39, 0.29) is 13.2 Å². The summed E-state index contributed by atoms with van der Waals surface area (Å²) in [6, 6.07) is 0. The van der Waals surface area contributed by atoms with Crippen LogP contribution in [0.5, 0.6) is 0 Å². The van der Waals surface area contributed by atoms with Crippen LogP contribution in [0.25, 0.3) is 11.2 Å². The molecule has 1 unspecified atom stereocenters. The van der Waals surface area contributed by atoms with E-state index in [0.29, 0.717) is 29.5 Å². The molecule has 2 heterocycles. The first-order chi connectivity index (χ1) is 8.74. The summed E-state index contributed by atoms with van der Waals surface area (Å²) in [5, 5.41) is 24.0. The number of aromatic nitrogens is 4. The Labute approximate surface area is 103 Å². The largest absolute Gasteiger partial charge is 0.394 e. The van der Waals surface area contributed by atoms with Crippen LogP contribution in [0.1, 0.15) is 6.92 Å². The van der Waals surface area contributed by atoms with E-state index in [4.69, 9.17) is 5.11 Å². The number of hydrogen-bond donors (Lipinski definition) is 5. The molecule has 0 aliphatic carbocycles. The van der Waals surface area contributed by atoms with E-state index < -0.39 is 6.10 Å². The molecule has 0 radical (unpaired) electrons. The SMILES string of the molecule is CCNc1nc(NCC(O)CO)c2[nH]cnc2n1. The molecule has 0 aliphatic rings. The second-order valence-corrected chi connectivity index (χ2v) is 3.74. The molecule has 8 nitrogen and oxygen atoms in total. The highest BCUT2D eigenvalue weighted by Crippen LogP contribution is 2.18. The molecule has 0 saturated carbocycles. The zero-order valence-electron chi connectivity index (χ0n) is 10.0. The molecular weight excluding hydrogens is 236 g/mol. The van der Waals surface area contributed by atoms with E-state index in [1.165, 1.54) is 6.33 Å². The minimum absolute atomic E-state index is 0.202. The first-order valence-electron chi connectivity index (χ1n) is 5.72. The van der Waals surface area contributed by atoms with Crippen molar-refractivity contribution in [3.05, 3.63) is 6.33 Å². The molecule has 0 bridgehead atoms. The van der Waals surface area contributed by atoms with Crippen molar-refractivity contribution in [1.29, 1.82) is 0 Å². The maximum absolute atomic E-state index is 9.32. The molecule has 18 heavy (non-hydrogen) atoms. The normalized spacial score (nSPS) is 12.6. The van der Waals surface area contributed by atoms with Crippen LogP contribution in [0.3, 0.4) is 0 Å². The second kappa shape index (κ2) is 5.61. The maximum Gasteiger partial charge on any atom is 0.226 e. The summed E-state index contributed by atoms with van der Waals surface area (Å²) < 4.78 is 0. The third-order valence-electron chi connectivity index (χ3n) is 2.34. The van der Waals surface area contributed by atoms with Gasteiger partial charge in [-0.3, -0.25) is 0 Å². The van der Waals surface area contributed by atoms with Crippen LogP contribution in [0, 0.1) is 0 Å². The van der Waals surface area contributed by atoms with Crippen LogP contribution in [-0.2, 0) is 0 Å². The number of fused-ring (bicyclic) bond motifs is 1. The Kier molecular flexibility index (Phi) is 3.90. The van der Waals surface area contributed by atoms with Crippen molar-refractivity contribution >= 4 is 22.9 Å². The molecule has 0 aliphatic heterocycles. The average Bonchev–Trinajstić information content (AvgIpc) is 2.84. The van der Waals surface area contributed by atoms with Gasteiger partial charge in [0.2, 0.25) is 5.95 Å². The molecule has 98 valence electrons. The number of nitrogens with one attached hydrogen (secondary N) is 3. The summed E-state index contributed by atoms with van der Waals surface area (Å²) in [4.78, 5) is 15.5. The van der Waals surface area contributed by atoms with E-state index in [0.717, 1.165) is 0 Å². The predicted octanol–water partition coefficient (Wildman–Crippen LogP) is -0.450. The summed E-state index contributed by atoms with van der Waals surface area (Å²) in [7, 11) is 0. The first kappa shape index (κ1) is 12.5. The van der Waals surface area contributed by atoms with Crippen molar-refractivity contribution in [2.24, 2.45) is 0 Å². The van der Waals surface area contributed by atoms with Gasteiger partial charge in [-0.25, -0.2) is 4.98 Å². The van der Waals surface area contributed by atoms with Crippen LogP contribution in [0.2, 0.25) is 0 Å². The zero-order valence-corrected chi connectivity index (χ0v) is 10.0. The van der Waals surface area contributed by atoms with Crippen molar-refractivity contribution in [3.63, 3.8) is 0 Å². The summed E-state index contributed by atoms with van der Waals surface area (Å²) >= 11 is 0. The molecule has 5 N–H and O–H groups in total. The van der Waals surface area contributed by atoms with E-state index in [2.05, 4.69) is 30.6 Å². The highest BCUT2D eigenvalue weighted by Gasteiger charge is 2.10. The van der Waals surface area contributed by atoms with Crippen molar-refractivity contribution in [1.82, 2.24) is 19.9 Å². The van der Waals surface area contributed by atoms with E-state index in [9.17, 15) is 5.11 Å². The van der Waals surface area contributed by atoms with Crippen molar-refractivity contribution in [3.8, 4) is 0 Å². The Hall–Kier alpha value is -1.93. The van der Waals surface area contributed by atoms with Gasteiger partial charge in [-0.15, -0.1) is 0 Å². The fraction of sp³-hybridized carbons (Fsp3) is 0.500. The maximum atomic E-state index is 9.32. The Morgan fingerprint density at radius 1 is 1.39 bits per heavy atom. The molecule has 0 amide bonds. The standard InChI is InChI=1S/C10H16N6O2/c1-2-11-10-15-8(12-3-6(18)4-17)7-9(16-10)14-5-13-7/h5-6,17-18H,2-4H2,1H3,(H3,11,12,13,14,15,16). The molecule has 0 aromatic carbocycles. The molecule has 0 fully saturated rings. The number of aromatic amines is 1. The van der Waals surface area contributed by atoms with Gasteiger partial charge in [0, 0.05) is 13.1 Å². The van der Waals surface area contributed by atoms with Crippen molar-refractivity contribution in [2.45, 2.75) is 13.0 Å². The lowest BCUT2D eigenvalue weighted by Crippen LogP contribution is -2.23. The molecule has 0 spiro atoms. The first-order valence-corrected chi connectivity index (χ1v) is 5.72. The number of aliphatic hydroxyl groups is 2. The molecular formula is C10H16N6O2. The quantitative estimate of drug-likeness (QED) is 0.472. The van der Waals surface area contributed by atoms with Gasteiger partial charge in [-0.1, -0.05) is 0 Å². The van der Waals surface area contributed by atoms with Gasteiger partial charge in [-0.2, -0.15) is 9.97 Å². The Morgan fingerprint density at radius 2 is 2.22 bits per heavy atom. The Balaban J connectivity index is 2.25. The van der Waals surface area contributed by atoms with E-state index in [1.807, 2.05) is 6.92 Å². The minimum Gasteiger partial charge on any atom is -0.394 e. The third-order valence-corrected chi connectivity index (χ3v) is 2.34. The lowest BCUT2D eigenvalue weighted by molar-refractivity contribution is 0.105. The van der Waals surface area contributed by atoms with Gasteiger partial charge in [0.1, 0.15) is 5.52 Å². The number of hydrogen-bond acceptors (Lipinski definition) is 7. The van der Waals surface area contributed by atoms with E-state index >= 15 is 0 Å². The predicted molar refractivity (Wildman–Crippen MR) is 67.4 cm³/mol. The molecule has 2 aromatic rings. The van der Waals surface area contributed by atoms with Gasteiger partial charge < -0.3 is 25.8 Å². The minimum atomic E-state index is -0.833. The fourth-order valence-corrected chi connectivity index (χ4v) is 1.48. The lowest BCUT2D eigenvalue weighted by atomic mass is 10.3. The van der Waals surface area contributed by atoms with Gasteiger partial charge >= 0.3 is 0 Å². The van der Waals surface area contributed by atoms with Gasteiger partial charge in [0.15, 0.2) is 11.5 Å².